The number of benzene rings is 1. The minimum atomic E-state index is 0.514. The summed E-state index contributed by atoms with van der Waals surface area (Å²) < 4.78 is 0. The number of rotatable bonds is 6. The van der Waals surface area contributed by atoms with Crippen LogP contribution < -0.4 is 4.90 Å². The highest BCUT2D eigenvalue weighted by molar-refractivity contribution is 6.33. The molecule has 0 spiro atoms. The molecule has 0 unspecified atom stereocenters. The SMILES string of the molecule is CCCN(CCC)c1c(Cl)cccc1CCl. The zero-order valence-electron chi connectivity index (χ0n) is 9.97. The van der Waals surface area contributed by atoms with Crippen molar-refractivity contribution >= 4 is 28.9 Å². The van der Waals surface area contributed by atoms with Crippen molar-refractivity contribution in [1.82, 2.24) is 0 Å². The van der Waals surface area contributed by atoms with Crippen LogP contribution in [-0.2, 0) is 5.88 Å². The van der Waals surface area contributed by atoms with Crippen molar-refractivity contribution in [2.75, 3.05) is 18.0 Å². The second-order valence-corrected chi connectivity index (χ2v) is 4.54. The van der Waals surface area contributed by atoms with Gasteiger partial charge in [0.25, 0.3) is 0 Å². The van der Waals surface area contributed by atoms with Gasteiger partial charge in [0.1, 0.15) is 0 Å². The lowest BCUT2D eigenvalue weighted by molar-refractivity contribution is 0.742. The number of hydrogen-bond acceptors (Lipinski definition) is 1. The van der Waals surface area contributed by atoms with E-state index in [1.807, 2.05) is 18.2 Å². The zero-order chi connectivity index (χ0) is 12.0. The van der Waals surface area contributed by atoms with Crippen molar-refractivity contribution in [2.45, 2.75) is 32.6 Å². The van der Waals surface area contributed by atoms with E-state index >= 15 is 0 Å². The Morgan fingerprint density at radius 1 is 1.12 bits per heavy atom. The van der Waals surface area contributed by atoms with E-state index in [0.717, 1.165) is 42.2 Å². The summed E-state index contributed by atoms with van der Waals surface area (Å²) in [5.74, 6) is 0.514. The smallest absolute Gasteiger partial charge is 0.0642 e. The van der Waals surface area contributed by atoms with Gasteiger partial charge in [-0.05, 0) is 24.5 Å². The Kier molecular flexibility index (Phi) is 6.00. The zero-order valence-corrected chi connectivity index (χ0v) is 11.5. The van der Waals surface area contributed by atoms with E-state index < -0.39 is 0 Å². The van der Waals surface area contributed by atoms with Crippen molar-refractivity contribution < 1.29 is 0 Å². The standard InChI is InChI=1S/C13H19Cl2N/c1-3-8-16(9-4-2)13-11(10-14)6-5-7-12(13)15/h5-7H,3-4,8-10H2,1-2H3. The van der Waals surface area contributed by atoms with Crippen LogP contribution in [0.25, 0.3) is 0 Å². The molecule has 0 saturated heterocycles. The average Bonchev–Trinajstić information content (AvgIpc) is 2.28. The van der Waals surface area contributed by atoms with Gasteiger partial charge in [0.2, 0.25) is 0 Å². The summed E-state index contributed by atoms with van der Waals surface area (Å²) in [7, 11) is 0. The normalized spacial score (nSPS) is 10.5. The minimum absolute atomic E-state index is 0.514. The van der Waals surface area contributed by atoms with Crippen LogP contribution >= 0.6 is 23.2 Å². The Morgan fingerprint density at radius 2 is 1.75 bits per heavy atom. The molecule has 1 aromatic rings. The van der Waals surface area contributed by atoms with Crippen LogP contribution in [0.2, 0.25) is 5.02 Å². The van der Waals surface area contributed by atoms with Gasteiger partial charge in [-0.3, -0.25) is 0 Å². The lowest BCUT2D eigenvalue weighted by Crippen LogP contribution is -2.26. The Balaban J connectivity index is 3.05. The molecular formula is C13H19Cl2N. The van der Waals surface area contributed by atoms with E-state index in [4.69, 9.17) is 23.2 Å². The molecule has 0 aromatic heterocycles. The van der Waals surface area contributed by atoms with Crippen molar-refractivity contribution in [1.29, 1.82) is 0 Å². The van der Waals surface area contributed by atoms with Crippen molar-refractivity contribution in [3.63, 3.8) is 0 Å². The van der Waals surface area contributed by atoms with Crippen LogP contribution in [0.3, 0.4) is 0 Å². The molecule has 0 amide bonds. The third-order valence-electron chi connectivity index (χ3n) is 2.52. The second kappa shape index (κ2) is 7.03. The van der Waals surface area contributed by atoms with Crippen LogP contribution in [0.15, 0.2) is 18.2 Å². The predicted octanol–water partition coefficient (Wildman–Crippen LogP) is 4.71. The summed E-state index contributed by atoms with van der Waals surface area (Å²) in [4.78, 5) is 2.33. The van der Waals surface area contributed by atoms with E-state index in [-0.39, 0.29) is 0 Å². The Morgan fingerprint density at radius 3 is 2.25 bits per heavy atom. The number of para-hydroxylation sites is 1. The summed E-state index contributed by atoms with van der Waals surface area (Å²) in [6.45, 7) is 6.42. The first-order valence-corrected chi connectivity index (χ1v) is 6.74. The Hall–Kier alpha value is -0.400. The van der Waals surface area contributed by atoms with Gasteiger partial charge in [0, 0.05) is 19.0 Å². The molecule has 0 N–H and O–H groups in total. The van der Waals surface area contributed by atoms with Gasteiger partial charge in [0.15, 0.2) is 0 Å². The molecule has 1 nitrogen and oxygen atoms in total. The van der Waals surface area contributed by atoms with Crippen LogP contribution in [0.4, 0.5) is 5.69 Å². The van der Waals surface area contributed by atoms with Gasteiger partial charge in [-0.2, -0.15) is 0 Å². The van der Waals surface area contributed by atoms with Gasteiger partial charge in [0.05, 0.1) is 10.7 Å². The molecule has 90 valence electrons. The van der Waals surface area contributed by atoms with Crippen LogP contribution in [0, 0.1) is 0 Å². The van der Waals surface area contributed by atoms with E-state index in [1.54, 1.807) is 0 Å². The monoisotopic (exact) mass is 259 g/mol. The molecule has 0 radical (unpaired) electrons. The summed E-state index contributed by atoms with van der Waals surface area (Å²) in [5.41, 5.74) is 2.24. The molecule has 1 rings (SSSR count). The quantitative estimate of drug-likeness (QED) is 0.670. The molecule has 0 atom stereocenters. The number of alkyl halides is 1. The maximum absolute atomic E-state index is 6.27. The molecule has 0 aliphatic heterocycles. The van der Waals surface area contributed by atoms with E-state index in [0.29, 0.717) is 5.88 Å². The van der Waals surface area contributed by atoms with Gasteiger partial charge in [-0.1, -0.05) is 37.6 Å². The van der Waals surface area contributed by atoms with Gasteiger partial charge >= 0.3 is 0 Å². The average molecular weight is 260 g/mol. The summed E-state index contributed by atoms with van der Waals surface area (Å²) in [6, 6.07) is 5.94. The highest BCUT2D eigenvalue weighted by Crippen LogP contribution is 2.31. The summed E-state index contributed by atoms with van der Waals surface area (Å²) in [6.07, 6.45) is 2.24. The van der Waals surface area contributed by atoms with Crippen molar-refractivity contribution in [3.8, 4) is 0 Å². The van der Waals surface area contributed by atoms with Gasteiger partial charge < -0.3 is 4.90 Å². The number of halogens is 2. The predicted molar refractivity (Wildman–Crippen MR) is 73.8 cm³/mol. The highest BCUT2D eigenvalue weighted by Gasteiger charge is 2.12. The largest absolute Gasteiger partial charge is 0.370 e. The lowest BCUT2D eigenvalue weighted by Gasteiger charge is -2.27. The third kappa shape index (κ3) is 3.29. The fourth-order valence-electron chi connectivity index (χ4n) is 1.90. The van der Waals surface area contributed by atoms with Crippen LogP contribution in [-0.4, -0.2) is 13.1 Å². The first-order valence-electron chi connectivity index (χ1n) is 5.82. The van der Waals surface area contributed by atoms with E-state index in [2.05, 4.69) is 18.7 Å². The summed E-state index contributed by atoms with van der Waals surface area (Å²) >= 11 is 12.2. The molecule has 1 aromatic carbocycles. The third-order valence-corrected chi connectivity index (χ3v) is 3.11. The maximum atomic E-state index is 6.27. The second-order valence-electron chi connectivity index (χ2n) is 3.87. The molecule has 0 fully saturated rings. The van der Waals surface area contributed by atoms with Crippen molar-refractivity contribution in [3.05, 3.63) is 28.8 Å². The fourth-order valence-corrected chi connectivity index (χ4v) is 2.43. The van der Waals surface area contributed by atoms with E-state index in [1.165, 1.54) is 0 Å². The molecule has 0 bridgehead atoms. The molecule has 0 aliphatic rings. The number of anilines is 1. The summed E-state index contributed by atoms with van der Waals surface area (Å²) in [5, 5.41) is 0.806. The first kappa shape index (κ1) is 13.7. The fraction of sp³-hybridized carbons (Fsp3) is 0.538. The Bertz CT molecular complexity index is 320. The first-order chi connectivity index (χ1) is 7.74. The molecule has 0 aliphatic carbocycles. The molecule has 16 heavy (non-hydrogen) atoms. The lowest BCUT2D eigenvalue weighted by atomic mass is 10.1. The minimum Gasteiger partial charge on any atom is -0.370 e. The van der Waals surface area contributed by atoms with Crippen LogP contribution in [0.1, 0.15) is 32.3 Å². The van der Waals surface area contributed by atoms with Gasteiger partial charge in [-0.25, -0.2) is 0 Å². The van der Waals surface area contributed by atoms with Gasteiger partial charge in [-0.15, -0.1) is 11.6 Å². The molecule has 3 heteroatoms. The number of hydrogen-bond donors (Lipinski definition) is 0. The van der Waals surface area contributed by atoms with Crippen molar-refractivity contribution in [2.24, 2.45) is 0 Å². The topological polar surface area (TPSA) is 3.24 Å². The maximum Gasteiger partial charge on any atom is 0.0642 e. The molecule has 0 heterocycles. The van der Waals surface area contributed by atoms with E-state index in [9.17, 15) is 0 Å². The molecular weight excluding hydrogens is 241 g/mol. The number of nitrogens with zero attached hydrogens (tertiary/aromatic N) is 1. The Labute approximate surface area is 108 Å². The highest BCUT2D eigenvalue weighted by atomic mass is 35.5. The molecule has 0 saturated carbocycles. The van der Waals surface area contributed by atoms with Crippen LogP contribution in [0.5, 0.6) is 0 Å².